The summed E-state index contributed by atoms with van der Waals surface area (Å²) in [6.07, 6.45) is -0.328. The van der Waals surface area contributed by atoms with Crippen molar-refractivity contribution in [3.05, 3.63) is 59.7 Å². The highest BCUT2D eigenvalue weighted by Crippen LogP contribution is 2.36. The molecule has 2 aliphatic heterocycles. The third-order valence-electron chi connectivity index (χ3n) is 4.91. The zero-order valence-corrected chi connectivity index (χ0v) is 14.8. The van der Waals surface area contributed by atoms with Crippen LogP contribution >= 0.6 is 0 Å². The molecule has 0 spiro atoms. The summed E-state index contributed by atoms with van der Waals surface area (Å²) in [4.78, 5) is 3.59. The summed E-state index contributed by atoms with van der Waals surface area (Å²) >= 11 is 0. The lowest BCUT2D eigenvalue weighted by Crippen LogP contribution is -2.49. The van der Waals surface area contributed by atoms with Crippen molar-refractivity contribution in [1.29, 1.82) is 0 Å². The van der Waals surface area contributed by atoms with E-state index in [1.807, 2.05) is 48.5 Å². The Morgan fingerprint density at radius 1 is 0.926 bits per heavy atom. The van der Waals surface area contributed by atoms with Gasteiger partial charge in [0.2, 0.25) is 0 Å². The Hall–Kier alpha value is -2.31. The van der Waals surface area contributed by atoms with Crippen LogP contribution in [0.5, 0.6) is 0 Å². The van der Waals surface area contributed by atoms with Crippen LogP contribution < -0.4 is 4.90 Å². The Balaban J connectivity index is 1.60. The van der Waals surface area contributed by atoms with E-state index in [0.29, 0.717) is 19.7 Å². The summed E-state index contributed by atoms with van der Waals surface area (Å²) in [5.41, 5.74) is 4.24. The predicted octanol–water partition coefficient (Wildman–Crippen LogP) is 4.57. The van der Waals surface area contributed by atoms with E-state index in [2.05, 4.69) is 17.1 Å². The van der Waals surface area contributed by atoms with Crippen LogP contribution in [0.15, 0.2) is 48.5 Å². The molecule has 1 unspecified atom stereocenters. The number of anilines is 2. The number of morpholine rings is 1. The van der Waals surface area contributed by atoms with Crippen LogP contribution in [-0.4, -0.2) is 50.0 Å². The van der Waals surface area contributed by atoms with Gasteiger partial charge in [-0.15, -0.1) is 0 Å². The lowest BCUT2D eigenvalue weighted by Gasteiger charge is -2.37. The molecule has 27 heavy (non-hydrogen) atoms. The number of hydrogen-bond donors (Lipinski definition) is 0. The van der Waals surface area contributed by atoms with Crippen LogP contribution in [-0.2, 0) is 4.74 Å². The molecule has 0 saturated carbocycles. The second kappa shape index (κ2) is 7.37. The summed E-state index contributed by atoms with van der Waals surface area (Å²) in [6, 6.07) is 16.1. The highest BCUT2D eigenvalue weighted by molar-refractivity contribution is 5.88. The zero-order valence-electron chi connectivity index (χ0n) is 14.8. The lowest BCUT2D eigenvalue weighted by molar-refractivity contribution is -0.158. The van der Waals surface area contributed by atoms with Crippen molar-refractivity contribution in [3.8, 4) is 0 Å². The Kier molecular flexibility index (Phi) is 4.93. The highest BCUT2D eigenvalue weighted by Gasteiger charge is 2.34. The van der Waals surface area contributed by atoms with Gasteiger partial charge in [-0.1, -0.05) is 48.6 Å². The van der Waals surface area contributed by atoms with E-state index >= 15 is 0 Å². The number of ether oxygens (including phenoxy) is 1. The molecule has 142 valence electrons. The maximum atomic E-state index is 12.8. The SMILES string of the molecule is FC(F)(F)CN1CCOC(CN2c3ccccc3C=Cc3ccccc32)C1. The van der Waals surface area contributed by atoms with Gasteiger partial charge in [-0.2, -0.15) is 13.2 Å². The van der Waals surface area contributed by atoms with Gasteiger partial charge in [-0.05, 0) is 23.3 Å². The van der Waals surface area contributed by atoms with Crippen molar-refractivity contribution < 1.29 is 17.9 Å². The molecule has 6 heteroatoms. The fourth-order valence-electron chi connectivity index (χ4n) is 3.75. The second-order valence-corrected chi connectivity index (χ2v) is 6.90. The van der Waals surface area contributed by atoms with Crippen molar-refractivity contribution in [3.63, 3.8) is 0 Å². The molecule has 1 saturated heterocycles. The summed E-state index contributed by atoms with van der Waals surface area (Å²) < 4.78 is 44.1. The van der Waals surface area contributed by atoms with Gasteiger partial charge in [-0.3, -0.25) is 4.90 Å². The first-order valence-corrected chi connectivity index (χ1v) is 9.04. The van der Waals surface area contributed by atoms with Crippen molar-refractivity contribution in [2.75, 3.05) is 37.7 Å². The molecular formula is C21H21F3N2O. The number of rotatable bonds is 3. The first kappa shape index (κ1) is 18.1. The third-order valence-corrected chi connectivity index (χ3v) is 4.91. The van der Waals surface area contributed by atoms with Crippen LogP contribution in [0.4, 0.5) is 24.5 Å². The molecule has 0 radical (unpaired) electrons. The first-order valence-electron chi connectivity index (χ1n) is 9.04. The van der Waals surface area contributed by atoms with Crippen molar-refractivity contribution >= 4 is 23.5 Å². The van der Waals surface area contributed by atoms with E-state index in [4.69, 9.17) is 4.74 Å². The zero-order chi connectivity index (χ0) is 18.9. The minimum atomic E-state index is -4.19. The molecule has 2 aromatic rings. The molecule has 1 atom stereocenters. The van der Waals surface area contributed by atoms with E-state index in [1.165, 1.54) is 4.90 Å². The lowest BCUT2D eigenvalue weighted by atomic mass is 10.1. The van der Waals surface area contributed by atoms with Crippen molar-refractivity contribution in [1.82, 2.24) is 4.90 Å². The Labute approximate surface area is 156 Å². The van der Waals surface area contributed by atoms with Crippen LogP contribution in [0.2, 0.25) is 0 Å². The molecule has 1 fully saturated rings. The van der Waals surface area contributed by atoms with Gasteiger partial charge in [-0.25, -0.2) is 0 Å². The summed E-state index contributed by atoms with van der Waals surface area (Å²) in [5.74, 6) is 0. The Bertz CT molecular complexity index is 785. The number of benzene rings is 2. The maximum Gasteiger partial charge on any atom is 0.401 e. The predicted molar refractivity (Wildman–Crippen MR) is 101 cm³/mol. The minimum Gasteiger partial charge on any atom is -0.374 e. The molecule has 2 aliphatic rings. The molecule has 2 heterocycles. The number of alkyl halides is 3. The molecule has 0 aromatic heterocycles. The minimum absolute atomic E-state index is 0.272. The quantitative estimate of drug-likeness (QED) is 0.783. The molecule has 0 N–H and O–H groups in total. The second-order valence-electron chi connectivity index (χ2n) is 6.90. The first-order chi connectivity index (χ1) is 13.0. The van der Waals surface area contributed by atoms with Gasteiger partial charge in [0.05, 0.1) is 25.8 Å². The molecule has 2 aromatic carbocycles. The Morgan fingerprint density at radius 2 is 1.52 bits per heavy atom. The molecule has 3 nitrogen and oxygen atoms in total. The van der Waals surface area contributed by atoms with Crippen LogP contribution in [0.1, 0.15) is 11.1 Å². The summed E-state index contributed by atoms with van der Waals surface area (Å²) in [5, 5.41) is 0. The Morgan fingerprint density at radius 3 is 2.11 bits per heavy atom. The average Bonchev–Trinajstić information content (AvgIpc) is 2.79. The summed E-state index contributed by atoms with van der Waals surface area (Å²) in [6.45, 7) is 0.514. The fraction of sp³-hybridized carbons (Fsp3) is 0.333. The van der Waals surface area contributed by atoms with Gasteiger partial charge in [0.1, 0.15) is 0 Å². The number of hydrogen-bond acceptors (Lipinski definition) is 3. The van der Waals surface area contributed by atoms with E-state index < -0.39 is 12.7 Å². The normalized spacial score (nSPS) is 20.1. The molecule has 0 bridgehead atoms. The van der Waals surface area contributed by atoms with Gasteiger partial charge >= 0.3 is 6.18 Å². The largest absolute Gasteiger partial charge is 0.401 e. The van der Waals surface area contributed by atoms with Crippen molar-refractivity contribution in [2.45, 2.75) is 12.3 Å². The molecular weight excluding hydrogens is 353 g/mol. The van der Waals surface area contributed by atoms with E-state index in [1.54, 1.807) is 0 Å². The van der Waals surface area contributed by atoms with Crippen LogP contribution in [0.25, 0.3) is 12.2 Å². The number of halogens is 3. The van der Waals surface area contributed by atoms with Crippen LogP contribution in [0.3, 0.4) is 0 Å². The smallest absolute Gasteiger partial charge is 0.374 e. The fourth-order valence-corrected chi connectivity index (χ4v) is 3.75. The monoisotopic (exact) mass is 374 g/mol. The summed E-state index contributed by atoms with van der Waals surface area (Å²) in [7, 11) is 0. The van der Waals surface area contributed by atoms with Crippen molar-refractivity contribution in [2.24, 2.45) is 0 Å². The standard InChI is InChI=1S/C21H21F3N2O/c22-21(23,24)15-25-11-12-27-18(13-25)14-26-19-7-3-1-5-16(19)9-10-17-6-2-4-8-20(17)26/h1-10,18H,11-15H2. The van der Waals surface area contributed by atoms with Gasteiger partial charge < -0.3 is 9.64 Å². The van der Waals surface area contributed by atoms with Gasteiger partial charge in [0, 0.05) is 24.5 Å². The topological polar surface area (TPSA) is 15.7 Å². The average molecular weight is 374 g/mol. The maximum absolute atomic E-state index is 12.8. The van der Waals surface area contributed by atoms with Gasteiger partial charge in [0.15, 0.2) is 0 Å². The molecule has 0 amide bonds. The van der Waals surface area contributed by atoms with E-state index in [-0.39, 0.29) is 12.6 Å². The van der Waals surface area contributed by atoms with Gasteiger partial charge in [0.25, 0.3) is 0 Å². The van der Waals surface area contributed by atoms with E-state index in [0.717, 1.165) is 22.5 Å². The number of nitrogens with zero attached hydrogens (tertiary/aromatic N) is 2. The molecule has 0 aliphatic carbocycles. The van der Waals surface area contributed by atoms with Crippen LogP contribution in [0, 0.1) is 0 Å². The molecule has 4 rings (SSSR count). The number of para-hydroxylation sites is 2. The third kappa shape index (κ3) is 4.17. The number of fused-ring (bicyclic) bond motifs is 2. The highest BCUT2D eigenvalue weighted by atomic mass is 19.4. The van der Waals surface area contributed by atoms with E-state index in [9.17, 15) is 13.2 Å².